The van der Waals surface area contributed by atoms with Crippen LogP contribution in [0.1, 0.15) is 39.1 Å². The number of aryl methyl sites for hydroxylation is 1. The molecule has 0 bridgehead atoms. The van der Waals surface area contributed by atoms with Gasteiger partial charge in [-0.15, -0.1) is 0 Å². The SMILES string of the molecule is Cc1ccccc1OCC(O)CNC(=O)CCCN1C(=O)c2ccccc2C1=O. The Morgan fingerprint density at radius 3 is 2.34 bits per heavy atom. The van der Waals surface area contributed by atoms with E-state index in [1.807, 2.05) is 31.2 Å². The lowest BCUT2D eigenvalue weighted by Gasteiger charge is -2.15. The first-order chi connectivity index (χ1) is 14.0. The molecule has 0 spiro atoms. The highest BCUT2D eigenvalue weighted by Gasteiger charge is 2.34. The monoisotopic (exact) mass is 396 g/mol. The van der Waals surface area contributed by atoms with E-state index in [1.54, 1.807) is 24.3 Å². The van der Waals surface area contributed by atoms with Crippen LogP contribution in [0.2, 0.25) is 0 Å². The van der Waals surface area contributed by atoms with Crippen LogP contribution in [-0.2, 0) is 4.79 Å². The molecule has 0 aliphatic carbocycles. The molecule has 7 heteroatoms. The summed E-state index contributed by atoms with van der Waals surface area (Å²) in [6, 6.07) is 14.2. The Kier molecular flexibility index (Phi) is 6.61. The Bertz CT molecular complexity index is 877. The molecule has 0 aromatic heterocycles. The minimum absolute atomic E-state index is 0.0672. The predicted octanol–water partition coefficient (Wildman–Crippen LogP) is 1.93. The molecule has 1 unspecified atom stereocenters. The van der Waals surface area contributed by atoms with E-state index in [0.717, 1.165) is 5.56 Å². The molecule has 1 aliphatic heterocycles. The van der Waals surface area contributed by atoms with Gasteiger partial charge in [-0.2, -0.15) is 0 Å². The Balaban J connectivity index is 1.36. The van der Waals surface area contributed by atoms with Crippen LogP contribution in [0.4, 0.5) is 0 Å². The highest BCUT2D eigenvalue weighted by molar-refractivity contribution is 6.21. The van der Waals surface area contributed by atoms with Gasteiger partial charge in [0.25, 0.3) is 11.8 Å². The van der Waals surface area contributed by atoms with Crippen LogP contribution in [0.5, 0.6) is 5.75 Å². The van der Waals surface area contributed by atoms with Crippen molar-refractivity contribution in [3.05, 3.63) is 65.2 Å². The summed E-state index contributed by atoms with van der Waals surface area (Å²) >= 11 is 0. The molecule has 1 atom stereocenters. The van der Waals surface area contributed by atoms with E-state index >= 15 is 0 Å². The molecule has 1 aliphatic rings. The summed E-state index contributed by atoms with van der Waals surface area (Å²) in [7, 11) is 0. The Morgan fingerprint density at radius 2 is 1.69 bits per heavy atom. The summed E-state index contributed by atoms with van der Waals surface area (Å²) in [6.07, 6.45) is -0.332. The lowest BCUT2D eigenvalue weighted by molar-refractivity contribution is -0.121. The van der Waals surface area contributed by atoms with E-state index in [0.29, 0.717) is 23.3 Å². The van der Waals surface area contributed by atoms with E-state index in [1.165, 1.54) is 4.90 Å². The number of benzene rings is 2. The van der Waals surface area contributed by atoms with Crippen molar-refractivity contribution >= 4 is 17.7 Å². The van der Waals surface area contributed by atoms with Crippen molar-refractivity contribution in [2.75, 3.05) is 19.7 Å². The van der Waals surface area contributed by atoms with Crippen molar-refractivity contribution in [3.63, 3.8) is 0 Å². The summed E-state index contributed by atoms with van der Waals surface area (Å²) in [5.74, 6) is -0.208. The number of rotatable bonds is 9. The molecule has 0 saturated heterocycles. The van der Waals surface area contributed by atoms with Gasteiger partial charge >= 0.3 is 0 Å². The molecule has 3 rings (SSSR count). The van der Waals surface area contributed by atoms with E-state index in [-0.39, 0.29) is 43.8 Å². The van der Waals surface area contributed by atoms with E-state index in [9.17, 15) is 19.5 Å². The molecule has 0 radical (unpaired) electrons. The quantitative estimate of drug-likeness (QED) is 0.632. The molecule has 2 aromatic carbocycles. The summed E-state index contributed by atoms with van der Waals surface area (Å²) in [4.78, 5) is 37.7. The van der Waals surface area contributed by atoms with Crippen LogP contribution in [0.15, 0.2) is 48.5 Å². The van der Waals surface area contributed by atoms with Gasteiger partial charge in [-0.25, -0.2) is 0 Å². The van der Waals surface area contributed by atoms with Gasteiger partial charge in [-0.05, 0) is 37.1 Å². The number of fused-ring (bicyclic) bond motifs is 1. The van der Waals surface area contributed by atoms with Gasteiger partial charge in [-0.3, -0.25) is 19.3 Å². The lowest BCUT2D eigenvalue weighted by Crippen LogP contribution is -2.36. The number of aliphatic hydroxyl groups is 1. The first-order valence-corrected chi connectivity index (χ1v) is 9.56. The molecule has 2 N–H and O–H groups in total. The van der Waals surface area contributed by atoms with Crippen molar-refractivity contribution in [1.29, 1.82) is 0 Å². The minimum atomic E-state index is -0.838. The Labute approximate surface area is 169 Å². The Hall–Kier alpha value is -3.19. The van der Waals surface area contributed by atoms with Crippen LogP contribution >= 0.6 is 0 Å². The summed E-state index contributed by atoms with van der Waals surface area (Å²) in [5, 5.41) is 12.6. The van der Waals surface area contributed by atoms with Crippen molar-refractivity contribution in [2.45, 2.75) is 25.9 Å². The minimum Gasteiger partial charge on any atom is -0.491 e. The van der Waals surface area contributed by atoms with Crippen molar-refractivity contribution in [1.82, 2.24) is 10.2 Å². The molecule has 7 nitrogen and oxygen atoms in total. The van der Waals surface area contributed by atoms with E-state index < -0.39 is 6.10 Å². The zero-order valence-electron chi connectivity index (χ0n) is 16.3. The number of hydrogen-bond acceptors (Lipinski definition) is 5. The van der Waals surface area contributed by atoms with Crippen LogP contribution < -0.4 is 10.1 Å². The zero-order valence-corrected chi connectivity index (χ0v) is 16.3. The highest BCUT2D eigenvalue weighted by Crippen LogP contribution is 2.22. The molecule has 0 saturated carbocycles. The fourth-order valence-electron chi connectivity index (χ4n) is 3.12. The summed E-state index contributed by atoms with van der Waals surface area (Å²) in [6.45, 7) is 2.23. The standard InChI is InChI=1S/C22H24N2O5/c1-15-7-2-5-10-19(15)29-14-16(25)13-23-20(26)11-6-12-24-21(27)17-8-3-4-9-18(17)22(24)28/h2-5,7-10,16,25H,6,11-14H2,1H3,(H,23,26). The maximum Gasteiger partial charge on any atom is 0.261 e. The first-order valence-electron chi connectivity index (χ1n) is 9.56. The average molecular weight is 396 g/mol. The molecular formula is C22H24N2O5. The number of para-hydroxylation sites is 1. The number of ether oxygens (including phenoxy) is 1. The van der Waals surface area contributed by atoms with Crippen molar-refractivity contribution < 1.29 is 24.2 Å². The second kappa shape index (κ2) is 9.34. The fourth-order valence-corrected chi connectivity index (χ4v) is 3.12. The number of nitrogens with one attached hydrogen (secondary N) is 1. The van der Waals surface area contributed by atoms with Crippen molar-refractivity contribution in [3.8, 4) is 5.75 Å². The number of nitrogens with zero attached hydrogens (tertiary/aromatic N) is 1. The zero-order chi connectivity index (χ0) is 20.8. The second-order valence-electron chi connectivity index (χ2n) is 6.95. The van der Waals surface area contributed by atoms with Gasteiger partial charge in [-0.1, -0.05) is 30.3 Å². The summed E-state index contributed by atoms with van der Waals surface area (Å²) in [5.41, 5.74) is 1.77. The molecule has 1 heterocycles. The van der Waals surface area contributed by atoms with Gasteiger partial charge in [0.15, 0.2) is 0 Å². The van der Waals surface area contributed by atoms with Gasteiger partial charge in [0.1, 0.15) is 18.5 Å². The van der Waals surface area contributed by atoms with Crippen LogP contribution in [0.25, 0.3) is 0 Å². The predicted molar refractivity (Wildman–Crippen MR) is 107 cm³/mol. The molecule has 152 valence electrons. The third kappa shape index (κ3) is 5.00. The second-order valence-corrected chi connectivity index (χ2v) is 6.95. The molecule has 29 heavy (non-hydrogen) atoms. The molecule has 0 fully saturated rings. The van der Waals surface area contributed by atoms with E-state index in [4.69, 9.17) is 4.74 Å². The molecule has 3 amide bonds. The number of carbonyl (C=O) groups excluding carboxylic acids is 3. The third-order valence-electron chi connectivity index (χ3n) is 4.72. The smallest absolute Gasteiger partial charge is 0.261 e. The average Bonchev–Trinajstić information content (AvgIpc) is 2.97. The number of carbonyl (C=O) groups is 3. The van der Waals surface area contributed by atoms with Gasteiger partial charge in [0, 0.05) is 19.5 Å². The number of hydrogen-bond donors (Lipinski definition) is 2. The van der Waals surface area contributed by atoms with Crippen LogP contribution in [0.3, 0.4) is 0 Å². The number of amides is 3. The van der Waals surface area contributed by atoms with Gasteiger partial charge in [0.05, 0.1) is 11.1 Å². The highest BCUT2D eigenvalue weighted by atomic mass is 16.5. The normalized spacial score (nSPS) is 13.9. The van der Waals surface area contributed by atoms with Crippen LogP contribution in [0, 0.1) is 6.92 Å². The Morgan fingerprint density at radius 1 is 1.07 bits per heavy atom. The fraction of sp³-hybridized carbons (Fsp3) is 0.318. The number of aliphatic hydroxyl groups excluding tert-OH is 1. The summed E-state index contributed by atoms with van der Waals surface area (Å²) < 4.78 is 5.55. The molecule has 2 aromatic rings. The van der Waals surface area contributed by atoms with Crippen molar-refractivity contribution in [2.24, 2.45) is 0 Å². The third-order valence-corrected chi connectivity index (χ3v) is 4.72. The largest absolute Gasteiger partial charge is 0.491 e. The first kappa shape index (κ1) is 20.5. The maximum absolute atomic E-state index is 12.3. The van der Waals surface area contributed by atoms with Gasteiger partial charge < -0.3 is 15.2 Å². The maximum atomic E-state index is 12.3. The molecular weight excluding hydrogens is 372 g/mol. The van der Waals surface area contributed by atoms with E-state index in [2.05, 4.69) is 5.32 Å². The van der Waals surface area contributed by atoms with Crippen LogP contribution in [-0.4, -0.2) is 53.5 Å². The number of imide groups is 1. The van der Waals surface area contributed by atoms with Gasteiger partial charge in [0.2, 0.25) is 5.91 Å². The lowest BCUT2D eigenvalue weighted by atomic mass is 10.1. The topological polar surface area (TPSA) is 95.9 Å².